The summed E-state index contributed by atoms with van der Waals surface area (Å²) in [6, 6.07) is 10.9. The zero-order valence-corrected chi connectivity index (χ0v) is 9.71. The smallest absolute Gasteiger partial charge is 0.00239 e. The van der Waals surface area contributed by atoms with Crippen molar-refractivity contribution in [2.45, 2.75) is 12.8 Å². The van der Waals surface area contributed by atoms with Gasteiger partial charge in [0.05, 0.1) is 0 Å². The summed E-state index contributed by atoms with van der Waals surface area (Å²) >= 11 is 0. The minimum atomic E-state index is 0.538. The molecule has 2 heterocycles. The summed E-state index contributed by atoms with van der Waals surface area (Å²) in [4.78, 5) is 0. The van der Waals surface area contributed by atoms with Crippen molar-refractivity contribution < 1.29 is 0 Å². The van der Waals surface area contributed by atoms with Crippen molar-refractivity contribution >= 4 is 0 Å². The summed E-state index contributed by atoms with van der Waals surface area (Å²) in [5.41, 5.74) is 2.02. The van der Waals surface area contributed by atoms with E-state index >= 15 is 0 Å². The monoisotopic (exact) mass is 216 g/mol. The Morgan fingerprint density at radius 2 is 1.75 bits per heavy atom. The lowest BCUT2D eigenvalue weighted by atomic mass is 9.76. The molecule has 1 aromatic rings. The Hall–Kier alpha value is -0.860. The molecule has 0 radical (unpaired) electrons. The molecule has 86 valence electrons. The molecule has 2 aliphatic rings. The van der Waals surface area contributed by atoms with E-state index in [-0.39, 0.29) is 0 Å². The van der Waals surface area contributed by atoms with Crippen LogP contribution in [0.2, 0.25) is 0 Å². The second-order valence-electron chi connectivity index (χ2n) is 5.31. The average molecular weight is 216 g/mol. The molecule has 2 aliphatic heterocycles. The molecule has 2 saturated heterocycles. The van der Waals surface area contributed by atoms with Gasteiger partial charge in [-0.05, 0) is 37.4 Å². The predicted molar refractivity (Wildman–Crippen MR) is 66.4 cm³/mol. The van der Waals surface area contributed by atoms with Gasteiger partial charge in [-0.15, -0.1) is 0 Å². The van der Waals surface area contributed by atoms with Crippen molar-refractivity contribution in [2.24, 2.45) is 11.3 Å². The van der Waals surface area contributed by atoms with Gasteiger partial charge in [0.15, 0.2) is 0 Å². The fourth-order valence-corrected chi connectivity index (χ4v) is 3.27. The van der Waals surface area contributed by atoms with E-state index in [0.29, 0.717) is 5.41 Å². The van der Waals surface area contributed by atoms with Crippen LogP contribution >= 0.6 is 0 Å². The van der Waals surface area contributed by atoms with Crippen molar-refractivity contribution in [3.63, 3.8) is 0 Å². The molecule has 3 rings (SSSR count). The summed E-state index contributed by atoms with van der Waals surface area (Å²) < 4.78 is 0. The molecule has 2 fully saturated rings. The van der Waals surface area contributed by atoms with E-state index in [4.69, 9.17) is 0 Å². The maximum absolute atomic E-state index is 3.56. The lowest BCUT2D eigenvalue weighted by Gasteiger charge is -2.27. The summed E-state index contributed by atoms with van der Waals surface area (Å²) in [5, 5.41) is 7.12. The van der Waals surface area contributed by atoms with Gasteiger partial charge in [-0.1, -0.05) is 30.3 Å². The summed E-state index contributed by atoms with van der Waals surface area (Å²) in [6.07, 6.45) is 2.54. The minimum absolute atomic E-state index is 0.538. The van der Waals surface area contributed by atoms with Crippen LogP contribution in [0.4, 0.5) is 0 Å². The van der Waals surface area contributed by atoms with E-state index in [1.807, 2.05) is 0 Å². The first-order valence-electron chi connectivity index (χ1n) is 6.34. The Balaban J connectivity index is 1.66. The van der Waals surface area contributed by atoms with Crippen LogP contribution in [0.5, 0.6) is 0 Å². The van der Waals surface area contributed by atoms with Crippen molar-refractivity contribution in [3.8, 4) is 0 Å². The Morgan fingerprint density at radius 1 is 1.06 bits per heavy atom. The second kappa shape index (κ2) is 4.19. The minimum Gasteiger partial charge on any atom is -0.316 e. The molecule has 2 nitrogen and oxygen atoms in total. The molecule has 0 aliphatic carbocycles. The van der Waals surface area contributed by atoms with Crippen LogP contribution in [0.1, 0.15) is 12.0 Å². The maximum atomic E-state index is 3.56. The van der Waals surface area contributed by atoms with Gasteiger partial charge < -0.3 is 10.6 Å². The van der Waals surface area contributed by atoms with Gasteiger partial charge >= 0.3 is 0 Å². The molecule has 0 amide bonds. The van der Waals surface area contributed by atoms with E-state index < -0.39 is 0 Å². The first-order chi connectivity index (χ1) is 7.89. The van der Waals surface area contributed by atoms with Crippen molar-refractivity contribution in [2.75, 3.05) is 26.2 Å². The molecule has 1 aromatic carbocycles. The van der Waals surface area contributed by atoms with Crippen LogP contribution in [-0.4, -0.2) is 26.2 Å². The normalized spacial score (nSPS) is 32.9. The number of hydrogen-bond donors (Lipinski definition) is 2. The van der Waals surface area contributed by atoms with Gasteiger partial charge in [-0.25, -0.2) is 0 Å². The fraction of sp³-hybridized carbons (Fsp3) is 0.571. The van der Waals surface area contributed by atoms with Crippen LogP contribution < -0.4 is 10.6 Å². The van der Waals surface area contributed by atoms with Crippen LogP contribution in [-0.2, 0) is 6.42 Å². The third kappa shape index (κ3) is 1.76. The van der Waals surface area contributed by atoms with Crippen LogP contribution in [0.25, 0.3) is 0 Å². The average Bonchev–Trinajstić information content (AvgIpc) is 2.87. The Morgan fingerprint density at radius 3 is 2.44 bits per heavy atom. The lowest BCUT2D eigenvalue weighted by molar-refractivity contribution is 0.273. The molecule has 0 unspecified atom stereocenters. The predicted octanol–water partition coefficient (Wildman–Crippen LogP) is 1.43. The molecule has 2 heteroatoms. The summed E-state index contributed by atoms with van der Waals surface area (Å²) in [6.45, 7) is 4.83. The van der Waals surface area contributed by atoms with Gasteiger partial charge in [0, 0.05) is 18.5 Å². The van der Waals surface area contributed by atoms with Gasteiger partial charge in [0.2, 0.25) is 0 Å². The maximum Gasteiger partial charge on any atom is 0.00239 e. The molecule has 0 aromatic heterocycles. The standard InChI is InChI=1S/C14H20N2/c1-2-4-12(5-3-1)6-7-14-10-15-8-13(14)9-16-11-14/h1-5,13,15-16H,6-11H2. The zero-order valence-electron chi connectivity index (χ0n) is 9.71. The van der Waals surface area contributed by atoms with E-state index in [9.17, 15) is 0 Å². The first kappa shape index (κ1) is 10.3. The summed E-state index contributed by atoms with van der Waals surface area (Å²) in [7, 11) is 0. The molecule has 0 bridgehead atoms. The fourth-order valence-electron chi connectivity index (χ4n) is 3.27. The van der Waals surface area contributed by atoms with Gasteiger partial charge in [0.25, 0.3) is 0 Å². The highest BCUT2D eigenvalue weighted by molar-refractivity contribution is 5.16. The number of hydrogen-bond acceptors (Lipinski definition) is 2. The number of nitrogens with one attached hydrogen (secondary N) is 2. The SMILES string of the molecule is c1ccc(CCC23CNCC2CNC3)cc1. The Kier molecular flexibility index (Phi) is 2.70. The number of fused-ring (bicyclic) bond motifs is 1. The molecular formula is C14H20N2. The third-order valence-electron chi connectivity index (χ3n) is 4.36. The lowest BCUT2D eigenvalue weighted by Crippen LogP contribution is -2.31. The van der Waals surface area contributed by atoms with Crippen molar-refractivity contribution in [3.05, 3.63) is 35.9 Å². The Bertz CT molecular complexity index is 337. The molecular weight excluding hydrogens is 196 g/mol. The molecule has 0 spiro atoms. The first-order valence-corrected chi connectivity index (χ1v) is 6.34. The van der Waals surface area contributed by atoms with Gasteiger partial charge in [0.1, 0.15) is 0 Å². The molecule has 0 atom stereocenters. The number of rotatable bonds is 3. The van der Waals surface area contributed by atoms with E-state index in [1.165, 1.54) is 44.6 Å². The molecule has 2 N–H and O–H groups in total. The highest BCUT2D eigenvalue weighted by Gasteiger charge is 2.45. The van der Waals surface area contributed by atoms with Gasteiger partial charge in [-0.3, -0.25) is 0 Å². The third-order valence-corrected chi connectivity index (χ3v) is 4.36. The highest BCUT2D eigenvalue weighted by atomic mass is 15.0. The Labute approximate surface area is 97.4 Å². The largest absolute Gasteiger partial charge is 0.316 e. The summed E-state index contributed by atoms with van der Waals surface area (Å²) in [5.74, 6) is 0.858. The number of aryl methyl sites for hydroxylation is 1. The zero-order chi connectivity index (χ0) is 10.8. The van der Waals surface area contributed by atoms with E-state index in [0.717, 1.165) is 5.92 Å². The van der Waals surface area contributed by atoms with Crippen molar-refractivity contribution in [1.29, 1.82) is 0 Å². The van der Waals surface area contributed by atoms with Crippen LogP contribution in [0.15, 0.2) is 30.3 Å². The van der Waals surface area contributed by atoms with Gasteiger partial charge in [-0.2, -0.15) is 0 Å². The number of benzene rings is 1. The van der Waals surface area contributed by atoms with Crippen molar-refractivity contribution in [1.82, 2.24) is 10.6 Å². The molecule has 16 heavy (non-hydrogen) atoms. The second-order valence-corrected chi connectivity index (χ2v) is 5.31. The van der Waals surface area contributed by atoms with Crippen LogP contribution in [0.3, 0.4) is 0 Å². The van der Waals surface area contributed by atoms with Crippen LogP contribution in [0, 0.1) is 11.3 Å². The topological polar surface area (TPSA) is 24.1 Å². The quantitative estimate of drug-likeness (QED) is 0.798. The van der Waals surface area contributed by atoms with E-state index in [2.05, 4.69) is 41.0 Å². The highest BCUT2D eigenvalue weighted by Crippen LogP contribution is 2.38. The van der Waals surface area contributed by atoms with E-state index in [1.54, 1.807) is 0 Å². The molecule has 0 saturated carbocycles.